The normalized spacial score (nSPS) is 11.5. The number of aliphatic imine (C=N–C) groups is 1. The van der Waals surface area contributed by atoms with Gasteiger partial charge in [-0.3, -0.25) is 4.99 Å². The van der Waals surface area contributed by atoms with Crippen molar-refractivity contribution in [3.05, 3.63) is 35.6 Å². The highest BCUT2D eigenvalue weighted by atomic mass is 127. The summed E-state index contributed by atoms with van der Waals surface area (Å²) in [7, 11) is 1.74. The number of nitrogens with one attached hydrogen (secondary N) is 2. The van der Waals surface area contributed by atoms with Crippen LogP contribution in [0.4, 0.5) is 0 Å². The topological polar surface area (TPSA) is 80.3 Å². The fraction of sp³-hybridized carbons (Fsp3) is 0.562. The van der Waals surface area contributed by atoms with E-state index in [1.165, 1.54) is 0 Å². The Hall–Kier alpha value is -1.58. The van der Waals surface area contributed by atoms with Crippen LogP contribution in [0.15, 0.2) is 21.8 Å². The second-order valence-corrected chi connectivity index (χ2v) is 5.92. The fourth-order valence-electron chi connectivity index (χ4n) is 2.22. The van der Waals surface area contributed by atoms with Crippen molar-refractivity contribution in [3.63, 3.8) is 0 Å². The molecule has 0 saturated carbocycles. The predicted octanol–water partition coefficient (Wildman–Crippen LogP) is 2.63. The molecule has 24 heavy (non-hydrogen) atoms. The monoisotopic (exact) mass is 446 g/mol. The molecule has 0 saturated heterocycles. The molecule has 0 atom stereocenters. The van der Waals surface area contributed by atoms with Crippen molar-refractivity contribution in [2.75, 3.05) is 7.05 Å². The van der Waals surface area contributed by atoms with Crippen molar-refractivity contribution in [1.29, 1.82) is 0 Å². The second-order valence-electron chi connectivity index (χ2n) is 5.92. The van der Waals surface area contributed by atoms with Crippen LogP contribution in [-0.2, 0) is 19.6 Å². The van der Waals surface area contributed by atoms with E-state index >= 15 is 0 Å². The van der Waals surface area contributed by atoms with E-state index in [0.717, 1.165) is 23.8 Å². The number of hydrogen-bond acceptors (Lipinski definition) is 4. The molecule has 0 bridgehead atoms. The van der Waals surface area contributed by atoms with Crippen LogP contribution in [0.5, 0.6) is 0 Å². The lowest BCUT2D eigenvalue weighted by atomic mass is 10.2. The fourth-order valence-corrected chi connectivity index (χ4v) is 2.22. The number of aromatic nitrogens is 3. The van der Waals surface area contributed by atoms with Gasteiger partial charge < -0.3 is 19.6 Å². The van der Waals surface area contributed by atoms with E-state index in [4.69, 9.17) is 4.42 Å². The average Bonchev–Trinajstić information content (AvgIpc) is 3.06. The number of aryl methyl sites for hydroxylation is 2. The van der Waals surface area contributed by atoms with Crippen LogP contribution in [0.1, 0.15) is 37.0 Å². The van der Waals surface area contributed by atoms with Gasteiger partial charge in [0.15, 0.2) is 5.96 Å². The third-order valence-corrected chi connectivity index (χ3v) is 3.48. The molecule has 0 aliphatic heterocycles. The molecule has 0 unspecified atom stereocenters. The van der Waals surface area contributed by atoms with Crippen LogP contribution in [0.25, 0.3) is 0 Å². The first-order valence-electron chi connectivity index (χ1n) is 7.87. The van der Waals surface area contributed by atoms with Gasteiger partial charge in [0.25, 0.3) is 0 Å². The van der Waals surface area contributed by atoms with Crippen LogP contribution in [0, 0.1) is 19.8 Å². The molecule has 0 aliphatic carbocycles. The summed E-state index contributed by atoms with van der Waals surface area (Å²) in [5.41, 5.74) is 0.917. The summed E-state index contributed by atoms with van der Waals surface area (Å²) in [6, 6.07) is 0. The number of oxazole rings is 1. The number of rotatable bonds is 6. The zero-order chi connectivity index (χ0) is 16.8. The van der Waals surface area contributed by atoms with Gasteiger partial charge >= 0.3 is 0 Å². The standard InChI is InChI=1S/C16H26N6O.HI/c1-11(2)10-22-7-6-18-14(22)8-19-16(17-5)20-9-15-21-12(3)13(4)23-15;/h6-7,11H,8-10H2,1-5H3,(H2,17,19,20);1H. The Morgan fingerprint density at radius 3 is 2.58 bits per heavy atom. The van der Waals surface area contributed by atoms with Gasteiger partial charge in [-0.25, -0.2) is 9.97 Å². The van der Waals surface area contributed by atoms with E-state index in [-0.39, 0.29) is 24.0 Å². The molecule has 7 nitrogen and oxygen atoms in total. The maximum atomic E-state index is 5.55. The Morgan fingerprint density at radius 1 is 1.29 bits per heavy atom. The number of nitrogens with zero attached hydrogens (tertiary/aromatic N) is 4. The van der Waals surface area contributed by atoms with Crippen molar-refractivity contribution < 1.29 is 4.42 Å². The molecule has 0 radical (unpaired) electrons. The third-order valence-electron chi connectivity index (χ3n) is 3.48. The van der Waals surface area contributed by atoms with E-state index in [2.05, 4.69) is 44.0 Å². The molecule has 0 aromatic carbocycles. The summed E-state index contributed by atoms with van der Waals surface area (Å²) >= 11 is 0. The van der Waals surface area contributed by atoms with E-state index < -0.39 is 0 Å². The summed E-state index contributed by atoms with van der Waals surface area (Å²) in [5.74, 6) is 3.77. The third kappa shape index (κ3) is 5.81. The number of hydrogen-bond donors (Lipinski definition) is 2. The summed E-state index contributed by atoms with van der Waals surface area (Å²) in [6.45, 7) is 10.3. The minimum Gasteiger partial charge on any atom is -0.444 e. The Kier molecular flexibility index (Phi) is 8.23. The van der Waals surface area contributed by atoms with Crippen LogP contribution >= 0.6 is 24.0 Å². The molecule has 2 rings (SSSR count). The van der Waals surface area contributed by atoms with Crippen molar-refractivity contribution in [2.24, 2.45) is 10.9 Å². The van der Waals surface area contributed by atoms with Gasteiger partial charge in [0, 0.05) is 26.0 Å². The SMILES string of the molecule is CN=C(NCc1nc(C)c(C)o1)NCc1nccn1CC(C)C.I. The lowest BCUT2D eigenvalue weighted by Crippen LogP contribution is -2.37. The van der Waals surface area contributed by atoms with Gasteiger partial charge in [0.2, 0.25) is 5.89 Å². The van der Waals surface area contributed by atoms with Crippen molar-refractivity contribution >= 4 is 29.9 Å². The van der Waals surface area contributed by atoms with Gasteiger partial charge in [-0.05, 0) is 19.8 Å². The Balaban J connectivity index is 0.00000288. The lowest BCUT2D eigenvalue weighted by molar-refractivity contribution is 0.463. The van der Waals surface area contributed by atoms with Gasteiger partial charge in [0.05, 0.1) is 18.8 Å². The molecule has 2 N–H and O–H groups in total. The first kappa shape index (κ1) is 20.5. The molecule has 0 fully saturated rings. The maximum Gasteiger partial charge on any atom is 0.214 e. The van der Waals surface area contributed by atoms with Crippen LogP contribution in [-0.4, -0.2) is 27.5 Å². The van der Waals surface area contributed by atoms with Crippen LogP contribution in [0.2, 0.25) is 0 Å². The molecule has 2 aromatic heterocycles. The molecule has 2 heterocycles. The molecular weight excluding hydrogens is 419 g/mol. The van der Waals surface area contributed by atoms with Crippen molar-refractivity contribution in [2.45, 2.75) is 47.3 Å². The molecule has 0 aliphatic rings. The number of guanidine groups is 1. The first-order valence-corrected chi connectivity index (χ1v) is 7.87. The van der Waals surface area contributed by atoms with E-state index in [0.29, 0.717) is 30.9 Å². The lowest BCUT2D eigenvalue weighted by Gasteiger charge is -2.13. The minimum absolute atomic E-state index is 0. The smallest absolute Gasteiger partial charge is 0.214 e. The van der Waals surface area contributed by atoms with Crippen LogP contribution < -0.4 is 10.6 Å². The van der Waals surface area contributed by atoms with Gasteiger partial charge in [-0.15, -0.1) is 24.0 Å². The molecule has 134 valence electrons. The van der Waals surface area contributed by atoms with Gasteiger partial charge in [-0.1, -0.05) is 13.8 Å². The molecule has 0 amide bonds. The van der Waals surface area contributed by atoms with Crippen molar-refractivity contribution in [3.8, 4) is 0 Å². The zero-order valence-corrected chi connectivity index (χ0v) is 17.3. The minimum atomic E-state index is 0. The Morgan fingerprint density at radius 2 is 2.00 bits per heavy atom. The highest BCUT2D eigenvalue weighted by Crippen LogP contribution is 2.07. The Labute approximate surface area is 160 Å². The first-order chi connectivity index (χ1) is 11.0. The van der Waals surface area contributed by atoms with E-state index in [1.807, 2.05) is 26.2 Å². The average molecular weight is 446 g/mol. The highest BCUT2D eigenvalue weighted by molar-refractivity contribution is 14.0. The molecule has 2 aromatic rings. The Bertz CT molecular complexity index is 642. The highest BCUT2D eigenvalue weighted by Gasteiger charge is 2.08. The summed E-state index contributed by atoms with van der Waals surface area (Å²) in [4.78, 5) is 13.0. The van der Waals surface area contributed by atoms with Gasteiger partial charge in [-0.2, -0.15) is 0 Å². The largest absolute Gasteiger partial charge is 0.444 e. The summed E-state index contributed by atoms with van der Waals surface area (Å²) in [5, 5.41) is 6.46. The molecular formula is C16H27IN6O. The van der Waals surface area contributed by atoms with Crippen molar-refractivity contribution in [1.82, 2.24) is 25.2 Å². The second kappa shape index (κ2) is 9.65. The maximum absolute atomic E-state index is 5.55. The molecule has 8 heteroatoms. The van der Waals surface area contributed by atoms with Crippen LogP contribution in [0.3, 0.4) is 0 Å². The predicted molar refractivity (Wildman–Crippen MR) is 105 cm³/mol. The van der Waals surface area contributed by atoms with Gasteiger partial charge in [0.1, 0.15) is 11.6 Å². The zero-order valence-electron chi connectivity index (χ0n) is 15.0. The van der Waals surface area contributed by atoms with E-state index in [1.54, 1.807) is 7.05 Å². The summed E-state index contributed by atoms with van der Waals surface area (Å²) in [6.07, 6.45) is 3.83. The number of imidazole rings is 1. The van der Waals surface area contributed by atoms with E-state index in [9.17, 15) is 0 Å². The molecule has 0 spiro atoms. The quantitative estimate of drug-likeness (QED) is 0.405. The number of halogens is 1. The summed E-state index contributed by atoms with van der Waals surface area (Å²) < 4.78 is 7.71.